The number of nitrogens with one attached hydrogen (secondary N) is 1. The topological polar surface area (TPSA) is 79.0 Å². The minimum atomic E-state index is -0.554. The van der Waals surface area contributed by atoms with Crippen LogP contribution in [0.1, 0.15) is 23.2 Å². The van der Waals surface area contributed by atoms with Gasteiger partial charge in [0, 0.05) is 35.7 Å². The van der Waals surface area contributed by atoms with Gasteiger partial charge >= 0.3 is 0 Å². The van der Waals surface area contributed by atoms with Gasteiger partial charge in [-0.2, -0.15) is 0 Å². The Morgan fingerprint density at radius 1 is 1.17 bits per heavy atom. The van der Waals surface area contributed by atoms with Gasteiger partial charge in [-0.3, -0.25) is 14.4 Å². The zero-order valence-electron chi connectivity index (χ0n) is 16.7. The van der Waals surface area contributed by atoms with Crippen LogP contribution in [0.5, 0.6) is 5.75 Å². The summed E-state index contributed by atoms with van der Waals surface area (Å²) >= 11 is 1.55. The summed E-state index contributed by atoms with van der Waals surface area (Å²) in [5.41, 5.74) is 1.87. The van der Waals surface area contributed by atoms with Gasteiger partial charge in [0.1, 0.15) is 11.8 Å². The van der Waals surface area contributed by atoms with Crippen LogP contribution < -0.4 is 15.0 Å². The van der Waals surface area contributed by atoms with E-state index < -0.39 is 6.04 Å². The number of hydrogen-bond acceptors (Lipinski definition) is 5. The number of hydrogen-bond donors (Lipinski definition) is 1. The van der Waals surface area contributed by atoms with E-state index in [1.54, 1.807) is 71.1 Å². The Balaban J connectivity index is 1.48. The first-order valence-electron chi connectivity index (χ1n) is 9.81. The molecule has 0 bridgehead atoms. The predicted molar refractivity (Wildman–Crippen MR) is 117 cm³/mol. The maximum absolute atomic E-state index is 13.2. The number of amides is 3. The molecule has 2 aromatic carbocycles. The first-order chi connectivity index (χ1) is 14.6. The Hall–Kier alpha value is -3.00. The minimum Gasteiger partial charge on any atom is -0.497 e. The van der Waals surface area contributed by atoms with E-state index in [1.807, 2.05) is 6.07 Å². The molecule has 156 valence electrons. The summed E-state index contributed by atoms with van der Waals surface area (Å²) in [5, 5.41) is 2.88. The van der Waals surface area contributed by atoms with Gasteiger partial charge in [0.15, 0.2) is 0 Å². The molecule has 0 aliphatic carbocycles. The van der Waals surface area contributed by atoms with Crippen molar-refractivity contribution in [3.8, 4) is 5.75 Å². The second-order valence-corrected chi connectivity index (χ2v) is 8.21. The average Bonchev–Trinajstić information content (AvgIpc) is 3.43. The van der Waals surface area contributed by atoms with Crippen molar-refractivity contribution in [2.45, 2.75) is 18.9 Å². The molecule has 2 fully saturated rings. The van der Waals surface area contributed by atoms with Crippen LogP contribution in [0.4, 0.5) is 11.4 Å². The fraction of sp³-hybridized carbons (Fsp3) is 0.318. The molecular weight excluding hydrogens is 402 g/mol. The van der Waals surface area contributed by atoms with Crippen molar-refractivity contribution in [3.63, 3.8) is 0 Å². The summed E-state index contributed by atoms with van der Waals surface area (Å²) in [4.78, 5) is 41.3. The quantitative estimate of drug-likeness (QED) is 0.797. The molecule has 4 rings (SSSR count). The number of methoxy groups -OCH3 is 1. The van der Waals surface area contributed by atoms with E-state index in [2.05, 4.69) is 5.32 Å². The van der Waals surface area contributed by atoms with Crippen LogP contribution >= 0.6 is 11.8 Å². The summed E-state index contributed by atoms with van der Waals surface area (Å²) < 4.78 is 5.13. The Morgan fingerprint density at radius 3 is 2.67 bits per heavy atom. The molecule has 1 N–H and O–H groups in total. The summed E-state index contributed by atoms with van der Waals surface area (Å²) in [6.07, 6.45) is 1.36. The molecular formula is C22H23N3O4S. The normalized spacial score (nSPS) is 18.6. The molecule has 0 aromatic heterocycles. The second kappa shape index (κ2) is 8.79. The van der Waals surface area contributed by atoms with Crippen molar-refractivity contribution >= 4 is 40.9 Å². The third kappa shape index (κ3) is 4.14. The molecule has 2 aliphatic heterocycles. The molecule has 2 saturated heterocycles. The van der Waals surface area contributed by atoms with Crippen molar-refractivity contribution in [1.82, 2.24) is 4.90 Å². The highest BCUT2D eigenvalue weighted by Gasteiger charge is 2.35. The molecule has 1 unspecified atom stereocenters. The third-order valence-corrected chi connectivity index (χ3v) is 6.29. The van der Waals surface area contributed by atoms with Crippen molar-refractivity contribution in [2.24, 2.45) is 0 Å². The molecule has 2 aromatic rings. The third-order valence-electron chi connectivity index (χ3n) is 5.28. The molecule has 0 radical (unpaired) electrons. The fourth-order valence-corrected chi connectivity index (χ4v) is 4.81. The molecule has 7 nitrogen and oxygen atoms in total. The molecule has 8 heteroatoms. The van der Waals surface area contributed by atoms with Crippen LogP contribution in [0.25, 0.3) is 0 Å². The van der Waals surface area contributed by atoms with Gasteiger partial charge < -0.3 is 19.9 Å². The van der Waals surface area contributed by atoms with E-state index in [0.717, 1.165) is 12.1 Å². The Morgan fingerprint density at radius 2 is 1.97 bits per heavy atom. The van der Waals surface area contributed by atoms with Crippen molar-refractivity contribution in [3.05, 3.63) is 54.1 Å². The van der Waals surface area contributed by atoms with Gasteiger partial charge in [0.2, 0.25) is 11.8 Å². The number of rotatable bonds is 5. The zero-order valence-corrected chi connectivity index (χ0v) is 17.5. The lowest BCUT2D eigenvalue weighted by atomic mass is 10.1. The number of ether oxygens (including phenoxy) is 1. The lowest BCUT2D eigenvalue weighted by Crippen LogP contribution is -2.44. The van der Waals surface area contributed by atoms with Crippen LogP contribution in [0.3, 0.4) is 0 Å². The van der Waals surface area contributed by atoms with E-state index >= 15 is 0 Å². The molecule has 2 aliphatic rings. The highest BCUT2D eigenvalue weighted by Crippen LogP contribution is 2.27. The first-order valence-corrected chi connectivity index (χ1v) is 11.0. The van der Waals surface area contributed by atoms with E-state index in [0.29, 0.717) is 41.6 Å². The molecule has 1 atom stereocenters. The second-order valence-electron chi connectivity index (χ2n) is 7.21. The van der Waals surface area contributed by atoms with Crippen molar-refractivity contribution < 1.29 is 19.1 Å². The number of benzene rings is 2. The van der Waals surface area contributed by atoms with E-state index in [-0.39, 0.29) is 17.7 Å². The van der Waals surface area contributed by atoms with Gasteiger partial charge in [0.05, 0.1) is 13.0 Å². The molecule has 2 heterocycles. The number of anilines is 2. The lowest BCUT2D eigenvalue weighted by Gasteiger charge is -2.24. The van der Waals surface area contributed by atoms with Crippen molar-refractivity contribution in [2.75, 3.05) is 35.5 Å². The van der Waals surface area contributed by atoms with Gasteiger partial charge in [-0.1, -0.05) is 6.07 Å². The molecule has 0 saturated carbocycles. The van der Waals surface area contributed by atoms with Gasteiger partial charge in [-0.25, -0.2) is 0 Å². The van der Waals surface area contributed by atoms with E-state index in [1.165, 1.54) is 0 Å². The first kappa shape index (κ1) is 20.3. The molecule has 3 amide bonds. The lowest BCUT2D eigenvalue weighted by molar-refractivity contribution is -0.119. The Labute approximate surface area is 179 Å². The Bertz CT molecular complexity index is 963. The highest BCUT2D eigenvalue weighted by molar-refractivity contribution is 7.99. The van der Waals surface area contributed by atoms with Crippen LogP contribution in [-0.2, 0) is 9.59 Å². The van der Waals surface area contributed by atoms with E-state index in [4.69, 9.17) is 4.74 Å². The van der Waals surface area contributed by atoms with Gasteiger partial charge in [-0.05, 0) is 48.9 Å². The average molecular weight is 426 g/mol. The number of nitrogens with zero attached hydrogens (tertiary/aromatic N) is 2. The maximum Gasteiger partial charge on any atom is 0.255 e. The summed E-state index contributed by atoms with van der Waals surface area (Å²) in [5.74, 6) is 1.35. The van der Waals surface area contributed by atoms with Crippen LogP contribution in [0.2, 0.25) is 0 Å². The SMILES string of the molecule is COc1ccc(NC(=O)C2CSCN2C(=O)c2cccc(N3CCCC3=O)c2)cc1. The van der Waals surface area contributed by atoms with Gasteiger partial charge in [0.25, 0.3) is 5.91 Å². The monoisotopic (exact) mass is 425 g/mol. The fourth-order valence-electron chi connectivity index (χ4n) is 3.65. The Kier molecular flexibility index (Phi) is 5.94. The number of carbonyl (C=O) groups is 3. The smallest absolute Gasteiger partial charge is 0.255 e. The maximum atomic E-state index is 13.2. The standard InChI is InChI=1S/C22H23N3O4S/c1-29-18-9-7-16(8-10-18)23-21(27)19-13-30-14-25(19)22(28)15-4-2-5-17(12-15)24-11-3-6-20(24)26/h2,4-5,7-10,12,19H,3,6,11,13-14H2,1H3,(H,23,27). The zero-order chi connectivity index (χ0) is 21.1. The largest absolute Gasteiger partial charge is 0.497 e. The predicted octanol–water partition coefficient (Wildman–Crippen LogP) is 2.98. The minimum absolute atomic E-state index is 0.0769. The van der Waals surface area contributed by atoms with Crippen LogP contribution in [0, 0.1) is 0 Å². The van der Waals surface area contributed by atoms with E-state index in [9.17, 15) is 14.4 Å². The highest BCUT2D eigenvalue weighted by atomic mass is 32.2. The summed E-state index contributed by atoms with van der Waals surface area (Å²) in [7, 11) is 1.58. The van der Waals surface area contributed by atoms with Crippen molar-refractivity contribution in [1.29, 1.82) is 0 Å². The molecule has 0 spiro atoms. The van der Waals surface area contributed by atoms with Gasteiger partial charge in [-0.15, -0.1) is 11.8 Å². The summed E-state index contributed by atoms with van der Waals surface area (Å²) in [6.45, 7) is 0.670. The number of carbonyl (C=O) groups excluding carboxylic acids is 3. The van der Waals surface area contributed by atoms with Crippen LogP contribution in [0.15, 0.2) is 48.5 Å². The molecule has 30 heavy (non-hydrogen) atoms. The summed E-state index contributed by atoms with van der Waals surface area (Å²) in [6, 6.07) is 13.6. The van der Waals surface area contributed by atoms with Crippen LogP contribution in [-0.4, -0.2) is 53.9 Å². The number of thioether (sulfide) groups is 1.